The number of amides is 1. The molecular weight excluding hydrogens is 318 g/mol. The number of ether oxygens (including phenoxy) is 1. The molecule has 0 bridgehead atoms. The van der Waals surface area contributed by atoms with Crippen LogP contribution in [-0.2, 0) is 16.1 Å². The summed E-state index contributed by atoms with van der Waals surface area (Å²) in [6, 6.07) is 5.91. The fraction of sp³-hybridized carbons (Fsp3) is 0.500. The maximum absolute atomic E-state index is 12.5. The van der Waals surface area contributed by atoms with E-state index in [1.54, 1.807) is 0 Å². The number of pyridine rings is 1. The number of aryl methyl sites for hydroxylation is 3. The Morgan fingerprint density at radius 3 is 2.92 bits per heavy atom. The van der Waals surface area contributed by atoms with E-state index in [9.17, 15) is 4.79 Å². The number of nitrogens with one attached hydrogen (secondary N) is 1. The number of hydrogen-bond acceptors (Lipinski definition) is 5. The molecule has 1 atom stereocenters. The molecule has 1 fully saturated rings. The summed E-state index contributed by atoms with van der Waals surface area (Å²) in [5.41, 5.74) is 3.76. The number of aromatic nitrogens is 3. The van der Waals surface area contributed by atoms with Crippen molar-refractivity contribution in [2.45, 2.75) is 32.9 Å². The summed E-state index contributed by atoms with van der Waals surface area (Å²) in [6.07, 6.45) is 2.16. The summed E-state index contributed by atoms with van der Waals surface area (Å²) in [5, 5.41) is 7.46. The van der Waals surface area contributed by atoms with Crippen LogP contribution in [0.2, 0.25) is 0 Å². The van der Waals surface area contributed by atoms with Crippen LogP contribution in [0.15, 0.2) is 24.4 Å². The van der Waals surface area contributed by atoms with Gasteiger partial charge >= 0.3 is 0 Å². The predicted molar refractivity (Wildman–Crippen MR) is 95.4 cm³/mol. The third kappa shape index (κ3) is 4.36. The Hall–Kier alpha value is -2.41. The number of carbonyl (C=O) groups excluding carboxylic acids is 1. The van der Waals surface area contributed by atoms with Crippen molar-refractivity contribution < 1.29 is 9.53 Å². The second kappa shape index (κ2) is 7.65. The fourth-order valence-electron chi connectivity index (χ4n) is 3.01. The zero-order valence-electron chi connectivity index (χ0n) is 15.0. The van der Waals surface area contributed by atoms with Crippen molar-refractivity contribution in [1.82, 2.24) is 19.7 Å². The monoisotopic (exact) mass is 343 g/mol. The molecule has 1 amide bonds. The number of morpholine rings is 1. The van der Waals surface area contributed by atoms with Crippen LogP contribution in [0.3, 0.4) is 0 Å². The van der Waals surface area contributed by atoms with Crippen LogP contribution >= 0.6 is 0 Å². The van der Waals surface area contributed by atoms with Crippen LogP contribution in [-0.4, -0.2) is 52.3 Å². The second-order valence-corrected chi connectivity index (χ2v) is 6.34. The van der Waals surface area contributed by atoms with Crippen LogP contribution in [0, 0.1) is 13.8 Å². The highest BCUT2D eigenvalue weighted by Gasteiger charge is 2.26. The molecular formula is C18H25N5O2. The number of hydrogen-bond donors (Lipinski definition) is 1. The summed E-state index contributed by atoms with van der Waals surface area (Å²) in [5.74, 6) is 0.128. The normalized spacial score (nSPS) is 17.6. The van der Waals surface area contributed by atoms with Gasteiger partial charge in [-0.05, 0) is 32.0 Å². The highest BCUT2D eigenvalue weighted by Crippen LogP contribution is 2.24. The van der Waals surface area contributed by atoms with E-state index in [1.165, 1.54) is 0 Å². The zero-order chi connectivity index (χ0) is 17.8. The first kappa shape index (κ1) is 17.4. The smallest absolute Gasteiger partial charge is 0.224 e. The van der Waals surface area contributed by atoms with Gasteiger partial charge in [-0.3, -0.25) is 14.5 Å². The Labute approximate surface area is 148 Å². The Bertz CT molecular complexity index is 743. The third-order valence-electron chi connectivity index (χ3n) is 4.34. The molecule has 0 spiro atoms. The fourth-order valence-corrected chi connectivity index (χ4v) is 3.01. The molecule has 0 aliphatic carbocycles. The Balaban J connectivity index is 1.62. The van der Waals surface area contributed by atoms with Crippen molar-refractivity contribution in [3.63, 3.8) is 0 Å². The predicted octanol–water partition coefficient (Wildman–Crippen LogP) is 1.93. The molecule has 7 heteroatoms. The van der Waals surface area contributed by atoms with Crippen LogP contribution in [0.1, 0.15) is 29.6 Å². The molecule has 1 aliphatic rings. The van der Waals surface area contributed by atoms with Crippen molar-refractivity contribution >= 4 is 11.6 Å². The molecule has 3 rings (SSSR count). The first-order chi connectivity index (χ1) is 12.0. The maximum Gasteiger partial charge on any atom is 0.224 e. The van der Waals surface area contributed by atoms with Crippen molar-refractivity contribution in [1.29, 1.82) is 0 Å². The first-order valence-corrected chi connectivity index (χ1v) is 8.61. The lowest BCUT2D eigenvalue weighted by Gasteiger charge is -2.33. The van der Waals surface area contributed by atoms with Gasteiger partial charge in [0.1, 0.15) is 6.10 Å². The van der Waals surface area contributed by atoms with Crippen molar-refractivity contribution in [2.75, 3.05) is 32.1 Å². The van der Waals surface area contributed by atoms with Gasteiger partial charge in [0.15, 0.2) is 0 Å². The topological polar surface area (TPSA) is 72.3 Å². The van der Waals surface area contributed by atoms with E-state index in [-0.39, 0.29) is 12.0 Å². The number of carbonyl (C=O) groups is 1. The van der Waals surface area contributed by atoms with Crippen LogP contribution in [0.4, 0.5) is 5.69 Å². The average molecular weight is 343 g/mol. The number of rotatable bonds is 5. The molecule has 2 aromatic heterocycles. The lowest BCUT2D eigenvalue weighted by atomic mass is 10.1. The van der Waals surface area contributed by atoms with Crippen LogP contribution in [0.25, 0.3) is 0 Å². The summed E-state index contributed by atoms with van der Waals surface area (Å²) in [6.45, 7) is 6.19. The van der Waals surface area contributed by atoms with Gasteiger partial charge < -0.3 is 15.0 Å². The van der Waals surface area contributed by atoms with E-state index in [4.69, 9.17) is 4.74 Å². The first-order valence-electron chi connectivity index (χ1n) is 8.61. The summed E-state index contributed by atoms with van der Waals surface area (Å²) >= 11 is 0. The Morgan fingerprint density at radius 2 is 2.20 bits per heavy atom. The summed E-state index contributed by atoms with van der Waals surface area (Å²) < 4.78 is 7.68. The minimum absolute atomic E-state index is 0.128. The van der Waals surface area contributed by atoms with Gasteiger partial charge in [-0.2, -0.15) is 5.10 Å². The van der Waals surface area contributed by atoms with Crippen molar-refractivity contribution in [3.05, 3.63) is 41.5 Å². The lowest BCUT2D eigenvalue weighted by Crippen LogP contribution is -2.42. The van der Waals surface area contributed by atoms with Crippen molar-refractivity contribution in [3.8, 4) is 0 Å². The molecule has 1 saturated heterocycles. The minimum Gasteiger partial charge on any atom is -0.388 e. The van der Waals surface area contributed by atoms with Gasteiger partial charge in [-0.1, -0.05) is 0 Å². The van der Waals surface area contributed by atoms with Gasteiger partial charge in [0, 0.05) is 44.1 Å². The third-order valence-corrected chi connectivity index (χ3v) is 4.34. The molecule has 134 valence electrons. The highest BCUT2D eigenvalue weighted by molar-refractivity contribution is 5.76. The Kier molecular flexibility index (Phi) is 5.33. The number of nitrogens with zero attached hydrogens (tertiary/aromatic N) is 4. The van der Waals surface area contributed by atoms with Gasteiger partial charge in [0.25, 0.3) is 0 Å². The van der Waals surface area contributed by atoms with E-state index in [2.05, 4.69) is 15.4 Å². The molecule has 3 heterocycles. The minimum atomic E-state index is -0.184. The highest BCUT2D eigenvalue weighted by atomic mass is 16.5. The van der Waals surface area contributed by atoms with Crippen LogP contribution in [0.5, 0.6) is 0 Å². The second-order valence-electron chi connectivity index (χ2n) is 6.34. The molecule has 7 nitrogen and oxygen atoms in total. The van der Waals surface area contributed by atoms with Crippen LogP contribution < -0.4 is 5.32 Å². The molecule has 0 saturated carbocycles. The van der Waals surface area contributed by atoms with Gasteiger partial charge in [-0.25, -0.2) is 0 Å². The van der Waals surface area contributed by atoms with Gasteiger partial charge in [-0.15, -0.1) is 0 Å². The molecule has 0 unspecified atom stereocenters. The molecule has 0 aromatic carbocycles. The van der Waals surface area contributed by atoms with Gasteiger partial charge in [0.05, 0.1) is 24.5 Å². The van der Waals surface area contributed by atoms with E-state index in [0.29, 0.717) is 32.7 Å². The Morgan fingerprint density at radius 1 is 1.36 bits per heavy atom. The molecule has 2 aromatic rings. The standard InChI is InChI=1S/C18H25N5O2/c1-13-4-6-23(21-13)7-5-18(24)22-8-9-25-17(12-22)16-11-15(19-3)10-14(2)20-16/h4,6,10-11,17H,5,7-9,12H2,1-3H3,(H,19,20)/t17-/m0/s1. The summed E-state index contributed by atoms with van der Waals surface area (Å²) in [4.78, 5) is 19.0. The molecule has 0 radical (unpaired) electrons. The molecule has 1 aliphatic heterocycles. The molecule has 1 N–H and O–H groups in total. The lowest BCUT2D eigenvalue weighted by molar-refractivity contribution is -0.139. The summed E-state index contributed by atoms with van der Waals surface area (Å²) in [7, 11) is 1.88. The zero-order valence-corrected chi connectivity index (χ0v) is 15.0. The molecule has 25 heavy (non-hydrogen) atoms. The maximum atomic E-state index is 12.5. The van der Waals surface area contributed by atoms with Crippen molar-refractivity contribution in [2.24, 2.45) is 0 Å². The van der Waals surface area contributed by atoms with E-state index < -0.39 is 0 Å². The van der Waals surface area contributed by atoms with Gasteiger partial charge in [0.2, 0.25) is 5.91 Å². The quantitative estimate of drug-likeness (QED) is 0.898. The van der Waals surface area contributed by atoms with E-state index in [1.807, 2.05) is 54.9 Å². The van der Waals surface area contributed by atoms with E-state index in [0.717, 1.165) is 22.8 Å². The van der Waals surface area contributed by atoms with E-state index >= 15 is 0 Å². The SMILES string of the molecule is CNc1cc(C)nc([C@@H]2CN(C(=O)CCn3ccc(C)n3)CCO2)c1. The average Bonchev–Trinajstić information content (AvgIpc) is 3.04. The largest absolute Gasteiger partial charge is 0.388 e. The number of anilines is 1.